The van der Waals surface area contributed by atoms with Crippen molar-refractivity contribution in [3.8, 4) is 34.1 Å². The number of nitrogens with two attached hydrogens (primary N) is 2. The van der Waals surface area contributed by atoms with Gasteiger partial charge in [0.25, 0.3) is 0 Å². The minimum Gasteiger partial charge on any atom is -0.496 e. The van der Waals surface area contributed by atoms with Gasteiger partial charge in [0.05, 0.1) is 37.7 Å². The van der Waals surface area contributed by atoms with Crippen molar-refractivity contribution in [2.45, 2.75) is 0 Å². The second-order valence-corrected chi connectivity index (χ2v) is 6.54. The summed E-state index contributed by atoms with van der Waals surface area (Å²) in [4.78, 5) is 7.71. The summed E-state index contributed by atoms with van der Waals surface area (Å²) in [5.41, 5.74) is 14.1. The number of methoxy groups -OCH3 is 2. The molecule has 0 atom stereocenters. The molecule has 31 heavy (non-hydrogen) atoms. The van der Waals surface area contributed by atoms with E-state index in [-0.39, 0.29) is 5.11 Å². The molecule has 10 heteroatoms. The highest BCUT2D eigenvalue weighted by atomic mass is 32.1. The number of nitrogens with zero attached hydrogens (tertiary/aromatic N) is 2. The number of aromatic nitrogens is 2. The molecule has 2 aromatic heterocycles. The van der Waals surface area contributed by atoms with Gasteiger partial charge in [-0.25, -0.2) is 9.97 Å². The van der Waals surface area contributed by atoms with Crippen LogP contribution in [0.1, 0.15) is 0 Å². The SMILES string of the molecule is COc1cc(N)ccc1-c1cnco1.COc1cc(NC(N)=S)ccc1-c1cnco1. The summed E-state index contributed by atoms with van der Waals surface area (Å²) in [6, 6.07) is 10.9. The highest BCUT2D eigenvalue weighted by Gasteiger charge is 2.10. The second-order valence-electron chi connectivity index (χ2n) is 6.10. The molecule has 0 bridgehead atoms. The van der Waals surface area contributed by atoms with Crippen LogP contribution in [-0.2, 0) is 0 Å². The van der Waals surface area contributed by atoms with Gasteiger partial charge in [-0.15, -0.1) is 0 Å². The topological polar surface area (TPSA) is 135 Å². The van der Waals surface area contributed by atoms with Gasteiger partial charge in [0.1, 0.15) is 11.5 Å². The first-order valence-electron chi connectivity index (χ1n) is 8.97. The molecule has 2 heterocycles. The molecule has 5 N–H and O–H groups in total. The maximum absolute atomic E-state index is 5.63. The van der Waals surface area contributed by atoms with Gasteiger partial charge in [0, 0.05) is 23.5 Å². The zero-order chi connectivity index (χ0) is 22.2. The summed E-state index contributed by atoms with van der Waals surface area (Å²) in [7, 11) is 3.17. The number of hydrogen-bond donors (Lipinski definition) is 3. The fourth-order valence-corrected chi connectivity index (χ4v) is 2.84. The highest BCUT2D eigenvalue weighted by Crippen LogP contribution is 2.32. The number of rotatable bonds is 5. The molecule has 0 aliphatic heterocycles. The fourth-order valence-electron chi connectivity index (χ4n) is 2.72. The summed E-state index contributed by atoms with van der Waals surface area (Å²) < 4.78 is 20.9. The van der Waals surface area contributed by atoms with Gasteiger partial charge in [-0.1, -0.05) is 0 Å². The number of ether oxygens (including phenoxy) is 2. The van der Waals surface area contributed by atoms with Crippen LogP contribution in [0.25, 0.3) is 22.6 Å². The molecule has 9 nitrogen and oxygen atoms in total. The van der Waals surface area contributed by atoms with Crippen LogP contribution < -0.4 is 26.3 Å². The normalized spacial score (nSPS) is 10.0. The van der Waals surface area contributed by atoms with Crippen LogP contribution in [0.3, 0.4) is 0 Å². The number of oxazole rings is 2. The Balaban J connectivity index is 0.000000179. The second kappa shape index (κ2) is 10.1. The van der Waals surface area contributed by atoms with E-state index in [0.717, 1.165) is 16.8 Å². The van der Waals surface area contributed by atoms with Gasteiger partial charge in [-0.05, 0) is 36.5 Å². The monoisotopic (exact) mass is 439 g/mol. The Morgan fingerprint density at radius 2 is 1.45 bits per heavy atom. The van der Waals surface area contributed by atoms with Crippen molar-refractivity contribution in [3.05, 3.63) is 61.6 Å². The number of benzene rings is 2. The van der Waals surface area contributed by atoms with E-state index in [1.165, 1.54) is 12.8 Å². The highest BCUT2D eigenvalue weighted by molar-refractivity contribution is 7.80. The molecule has 0 amide bonds. The van der Waals surface area contributed by atoms with E-state index in [0.29, 0.717) is 28.7 Å². The van der Waals surface area contributed by atoms with Crippen molar-refractivity contribution in [2.24, 2.45) is 5.73 Å². The van der Waals surface area contributed by atoms with E-state index in [2.05, 4.69) is 15.3 Å². The van der Waals surface area contributed by atoms with Gasteiger partial charge < -0.3 is 35.1 Å². The van der Waals surface area contributed by atoms with Crippen LogP contribution in [0.5, 0.6) is 11.5 Å². The van der Waals surface area contributed by atoms with Crippen LogP contribution in [0, 0.1) is 0 Å². The van der Waals surface area contributed by atoms with Gasteiger partial charge in [0.15, 0.2) is 29.4 Å². The summed E-state index contributed by atoms with van der Waals surface area (Å²) >= 11 is 4.77. The first-order chi connectivity index (χ1) is 15.0. The smallest absolute Gasteiger partial charge is 0.181 e. The molecule has 0 aliphatic carbocycles. The summed E-state index contributed by atoms with van der Waals surface area (Å²) in [6.45, 7) is 0. The first kappa shape index (κ1) is 21.7. The quantitative estimate of drug-likeness (QED) is 0.310. The lowest BCUT2D eigenvalue weighted by atomic mass is 10.1. The lowest BCUT2D eigenvalue weighted by molar-refractivity contribution is 0.414. The number of hydrogen-bond acceptors (Lipinski definition) is 8. The third-order valence-electron chi connectivity index (χ3n) is 4.09. The predicted molar refractivity (Wildman–Crippen MR) is 122 cm³/mol. The fraction of sp³-hybridized carbons (Fsp3) is 0.0952. The van der Waals surface area contributed by atoms with E-state index >= 15 is 0 Å². The number of thiocarbonyl (C=S) groups is 1. The van der Waals surface area contributed by atoms with Crippen LogP contribution in [0.4, 0.5) is 11.4 Å². The Morgan fingerprint density at radius 1 is 0.903 bits per heavy atom. The summed E-state index contributed by atoms with van der Waals surface area (Å²) in [5, 5.41) is 3.04. The Morgan fingerprint density at radius 3 is 1.94 bits per heavy atom. The van der Waals surface area contributed by atoms with Gasteiger partial charge >= 0.3 is 0 Å². The van der Waals surface area contributed by atoms with Crippen molar-refractivity contribution in [3.63, 3.8) is 0 Å². The van der Waals surface area contributed by atoms with Crippen LogP contribution >= 0.6 is 12.2 Å². The molecule has 4 rings (SSSR count). The molecule has 0 saturated carbocycles. The van der Waals surface area contributed by atoms with Crippen molar-refractivity contribution < 1.29 is 18.3 Å². The largest absolute Gasteiger partial charge is 0.496 e. The van der Waals surface area contributed by atoms with E-state index in [1.807, 2.05) is 18.2 Å². The van der Waals surface area contributed by atoms with Gasteiger partial charge in [0.2, 0.25) is 0 Å². The molecule has 4 aromatic rings. The predicted octanol–water partition coefficient (Wildman–Crippen LogP) is 3.94. The lowest BCUT2D eigenvalue weighted by Gasteiger charge is -2.09. The minimum absolute atomic E-state index is 0.208. The number of nitrogen functional groups attached to an aromatic ring is 1. The minimum atomic E-state index is 0.208. The molecule has 0 fully saturated rings. The molecule has 0 spiro atoms. The molecule has 0 aliphatic rings. The zero-order valence-electron chi connectivity index (χ0n) is 16.9. The van der Waals surface area contributed by atoms with Crippen LogP contribution in [0.2, 0.25) is 0 Å². The van der Waals surface area contributed by atoms with Crippen molar-refractivity contribution >= 4 is 28.7 Å². The van der Waals surface area contributed by atoms with E-state index in [4.69, 9.17) is 42.0 Å². The van der Waals surface area contributed by atoms with Crippen LogP contribution in [-0.4, -0.2) is 29.3 Å². The molecule has 0 radical (unpaired) electrons. The molecule has 2 aromatic carbocycles. The van der Waals surface area contributed by atoms with E-state index in [1.54, 1.807) is 44.8 Å². The maximum Gasteiger partial charge on any atom is 0.181 e. The average molecular weight is 439 g/mol. The molecule has 0 unspecified atom stereocenters. The Labute approximate surface area is 184 Å². The summed E-state index contributed by atoms with van der Waals surface area (Å²) in [6.07, 6.45) is 6.01. The maximum atomic E-state index is 5.63. The Hall–Kier alpha value is -4.05. The van der Waals surface area contributed by atoms with Crippen molar-refractivity contribution in [2.75, 3.05) is 25.3 Å². The first-order valence-corrected chi connectivity index (χ1v) is 9.38. The molecule has 0 saturated heterocycles. The van der Waals surface area contributed by atoms with E-state index < -0.39 is 0 Å². The zero-order valence-corrected chi connectivity index (χ0v) is 17.7. The van der Waals surface area contributed by atoms with Gasteiger partial charge in [-0.2, -0.15) is 0 Å². The third kappa shape index (κ3) is 5.52. The number of anilines is 2. The molecular formula is C21H21N5O4S. The summed E-state index contributed by atoms with van der Waals surface area (Å²) in [5.74, 6) is 2.65. The van der Waals surface area contributed by atoms with Crippen LogP contribution in [0.15, 0.2) is 70.4 Å². The molecule has 160 valence electrons. The Bertz CT molecular complexity index is 1130. The average Bonchev–Trinajstić information content (AvgIpc) is 3.48. The van der Waals surface area contributed by atoms with Crippen molar-refractivity contribution in [1.29, 1.82) is 0 Å². The van der Waals surface area contributed by atoms with Gasteiger partial charge in [-0.3, -0.25) is 0 Å². The molecular weight excluding hydrogens is 418 g/mol. The Kier molecular flexibility index (Phi) is 7.07. The lowest BCUT2D eigenvalue weighted by Crippen LogP contribution is -2.18. The third-order valence-corrected chi connectivity index (χ3v) is 4.19. The number of nitrogens with one attached hydrogen (secondary N) is 1. The van der Waals surface area contributed by atoms with E-state index in [9.17, 15) is 0 Å². The van der Waals surface area contributed by atoms with Crippen molar-refractivity contribution in [1.82, 2.24) is 9.97 Å². The standard InChI is InChI=1S/C11H11N3O2S.C10H10N2O2/c1-15-9-4-7(14-11(12)17)2-3-8(9)10-5-13-6-16-10;1-13-9-4-7(11)2-3-8(9)10-5-12-6-14-10/h2-6H,1H3,(H3,12,14,17);2-6H,11H2,1H3.